The number of carbonyl (C=O) groups excluding carboxylic acids is 2. The van der Waals surface area contributed by atoms with Crippen molar-refractivity contribution in [1.29, 1.82) is 0 Å². The molecule has 1 rings (SSSR count). The highest BCUT2D eigenvalue weighted by atomic mass is 19.1. The molecule has 2 atom stereocenters. The van der Waals surface area contributed by atoms with Gasteiger partial charge in [-0.3, -0.25) is 4.39 Å². The molecule has 0 spiro atoms. The Morgan fingerprint density at radius 2 is 2.11 bits per heavy atom. The number of ether oxygens (including phenoxy) is 2. The molecule has 0 bridgehead atoms. The Morgan fingerprint density at radius 3 is 2.58 bits per heavy atom. The average Bonchev–Trinajstić information content (AvgIpc) is 2.68. The molecule has 0 fully saturated rings. The Bertz CT molecular complexity index is 387. The van der Waals surface area contributed by atoms with E-state index in [1.165, 1.54) is 13.2 Å². The minimum absolute atomic E-state index is 0.254. The first kappa shape index (κ1) is 15.5. The van der Waals surface area contributed by atoms with E-state index in [-0.39, 0.29) is 6.42 Å². The molecule has 0 aromatic heterocycles. The van der Waals surface area contributed by atoms with Gasteiger partial charge < -0.3 is 14.8 Å². The van der Waals surface area contributed by atoms with Crippen LogP contribution in [0.4, 0.5) is 9.18 Å². The van der Waals surface area contributed by atoms with Gasteiger partial charge in [0, 0.05) is 11.5 Å². The Kier molecular flexibility index (Phi) is 4.91. The molecule has 0 heterocycles. The van der Waals surface area contributed by atoms with E-state index >= 15 is 0 Å². The number of esters is 1. The summed E-state index contributed by atoms with van der Waals surface area (Å²) in [5, 5.41) is 2.56. The Hall–Kier alpha value is -1.59. The number of hydrogen-bond donors (Lipinski definition) is 1. The smallest absolute Gasteiger partial charge is 0.408 e. The second-order valence-electron chi connectivity index (χ2n) is 5.47. The van der Waals surface area contributed by atoms with E-state index in [4.69, 9.17) is 4.74 Å². The van der Waals surface area contributed by atoms with Crippen molar-refractivity contribution in [3.05, 3.63) is 11.6 Å². The molecule has 0 saturated heterocycles. The fourth-order valence-corrected chi connectivity index (χ4v) is 1.87. The molecular formula is C13H20FNO4. The van der Waals surface area contributed by atoms with Gasteiger partial charge in [0.05, 0.1) is 19.8 Å². The Labute approximate surface area is 112 Å². The molecule has 0 aliphatic heterocycles. The van der Waals surface area contributed by atoms with Crippen molar-refractivity contribution in [2.75, 3.05) is 13.8 Å². The Balaban J connectivity index is 2.67. The van der Waals surface area contributed by atoms with Gasteiger partial charge in [0.2, 0.25) is 0 Å². The van der Waals surface area contributed by atoms with Crippen molar-refractivity contribution in [3.63, 3.8) is 0 Å². The third kappa shape index (κ3) is 4.54. The SMILES string of the molecule is COC(=O)C1=C[C@H](NC(=O)OC(C)(C)C)[C@H](CF)C1. The third-order valence-electron chi connectivity index (χ3n) is 2.70. The molecule has 1 amide bonds. The molecule has 108 valence electrons. The quantitative estimate of drug-likeness (QED) is 0.798. The summed E-state index contributed by atoms with van der Waals surface area (Å²) < 4.78 is 22.6. The highest BCUT2D eigenvalue weighted by Gasteiger charge is 2.33. The van der Waals surface area contributed by atoms with Crippen LogP contribution in [0.5, 0.6) is 0 Å². The summed E-state index contributed by atoms with van der Waals surface area (Å²) in [4.78, 5) is 23.0. The van der Waals surface area contributed by atoms with Crippen molar-refractivity contribution in [1.82, 2.24) is 5.32 Å². The van der Waals surface area contributed by atoms with Crippen LogP contribution in [0, 0.1) is 5.92 Å². The molecule has 1 aliphatic rings. The van der Waals surface area contributed by atoms with Crippen molar-refractivity contribution >= 4 is 12.1 Å². The lowest BCUT2D eigenvalue weighted by Gasteiger charge is -2.23. The zero-order chi connectivity index (χ0) is 14.6. The maximum atomic E-state index is 12.9. The molecular weight excluding hydrogens is 253 g/mol. The van der Waals surface area contributed by atoms with Gasteiger partial charge in [-0.1, -0.05) is 6.08 Å². The summed E-state index contributed by atoms with van der Waals surface area (Å²) in [6, 6.07) is -0.547. The van der Waals surface area contributed by atoms with Crippen molar-refractivity contribution < 1.29 is 23.5 Å². The highest BCUT2D eigenvalue weighted by Crippen LogP contribution is 2.27. The van der Waals surface area contributed by atoms with Crippen LogP contribution in [0.15, 0.2) is 11.6 Å². The molecule has 1 aliphatic carbocycles. The van der Waals surface area contributed by atoms with E-state index in [9.17, 15) is 14.0 Å². The first-order chi connectivity index (χ1) is 8.76. The van der Waals surface area contributed by atoms with E-state index in [1.54, 1.807) is 20.8 Å². The van der Waals surface area contributed by atoms with E-state index in [2.05, 4.69) is 10.1 Å². The second-order valence-corrected chi connectivity index (χ2v) is 5.47. The van der Waals surface area contributed by atoms with Crippen molar-refractivity contribution in [2.45, 2.75) is 38.8 Å². The van der Waals surface area contributed by atoms with Crippen LogP contribution >= 0.6 is 0 Å². The minimum Gasteiger partial charge on any atom is -0.466 e. The first-order valence-electron chi connectivity index (χ1n) is 6.11. The second kappa shape index (κ2) is 6.04. The maximum Gasteiger partial charge on any atom is 0.408 e. The van der Waals surface area contributed by atoms with Gasteiger partial charge in [-0.25, -0.2) is 9.59 Å². The number of rotatable bonds is 3. The summed E-state index contributed by atoms with van der Waals surface area (Å²) in [7, 11) is 1.27. The summed E-state index contributed by atoms with van der Waals surface area (Å²) in [6.07, 6.45) is 1.15. The summed E-state index contributed by atoms with van der Waals surface area (Å²) >= 11 is 0. The topological polar surface area (TPSA) is 64.6 Å². The van der Waals surface area contributed by atoms with Gasteiger partial charge in [-0.15, -0.1) is 0 Å². The van der Waals surface area contributed by atoms with Gasteiger partial charge >= 0.3 is 12.1 Å². The molecule has 19 heavy (non-hydrogen) atoms. The number of amides is 1. The average molecular weight is 273 g/mol. The van der Waals surface area contributed by atoms with E-state index in [0.717, 1.165) is 0 Å². The number of alkyl halides is 1. The highest BCUT2D eigenvalue weighted by molar-refractivity contribution is 5.89. The predicted molar refractivity (Wildman–Crippen MR) is 67.3 cm³/mol. The van der Waals surface area contributed by atoms with E-state index < -0.39 is 36.3 Å². The number of methoxy groups -OCH3 is 1. The van der Waals surface area contributed by atoms with Crippen LogP contribution in [0.3, 0.4) is 0 Å². The minimum atomic E-state index is -0.628. The van der Waals surface area contributed by atoms with Crippen LogP contribution in [-0.4, -0.2) is 37.5 Å². The van der Waals surface area contributed by atoms with Gasteiger partial charge in [0.25, 0.3) is 0 Å². The lowest BCUT2D eigenvalue weighted by molar-refractivity contribution is -0.136. The number of carbonyl (C=O) groups is 2. The standard InChI is InChI=1S/C13H20FNO4/c1-13(2,3)19-12(17)15-10-6-8(11(16)18-4)5-9(10)7-14/h6,9-10H,5,7H2,1-4H3,(H,15,17)/t9-,10-/m0/s1. The molecule has 0 aromatic rings. The van der Waals surface area contributed by atoms with Crippen LogP contribution in [0.25, 0.3) is 0 Å². The molecule has 0 saturated carbocycles. The third-order valence-corrected chi connectivity index (χ3v) is 2.70. The van der Waals surface area contributed by atoms with Crippen molar-refractivity contribution in [3.8, 4) is 0 Å². The summed E-state index contributed by atoms with van der Waals surface area (Å²) in [5.41, 5.74) is -0.241. The van der Waals surface area contributed by atoms with Crippen LogP contribution in [0.2, 0.25) is 0 Å². The molecule has 5 nitrogen and oxygen atoms in total. The number of hydrogen-bond acceptors (Lipinski definition) is 4. The fourth-order valence-electron chi connectivity index (χ4n) is 1.87. The zero-order valence-electron chi connectivity index (χ0n) is 11.7. The molecule has 6 heteroatoms. The largest absolute Gasteiger partial charge is 0.466 e. The number of halogens is 1. The normalized spacial score (nSPS) is 22.7. The lowest BCUT2D eigenvalue weighted by Crippen LogP contribution is -2.41. The van der Waals surface area contributed by atoms with Gasteiger partial charge in [0.1, 0.15) is 5.60 Å². The number of nitrogens with one attached hydrogen (secondary N) is 1. The van der Waals surface area contributed by atoms with Crippen LogP contribution in [0.1, 0.15) is 27.2 Å². The molecule has 1 N–H and O–H groups in total. The van der Waals surface area contributed by atoms with Gasteiger partial charge in [-0.2, -0.15) is 0 Å². The van der Waals surface area contributed by atoms with Crippen molar-refractivity contribution in [2.24, 2.45) is 5.92 Å². The zero-order valence-corrected chi connectivity index (χ0v) is 11.7. The van der Waals surface area contributed by atoms with Crippen LogP contribution < -0.4 is 5.32 Å². The fraction of sp³-hybridized carbons (Fsp3) is 0.692. The molecule has 0 aromatic carbocycles. The summed E-state index contributed by atoms with van der Waals surface area (Å²) in [5.74, 6) is -0.950. The number of alkyl carbamates (subject to hydrolysis) is 1. The van der Waals surface area contributed by atoms with Gasteiger partial charge in [0.15, 0.2) is 0 Å². The summed E-state index contributed by atoms with van der Waals surface area (Å²) in [6.45, 7) is 4.59. The monoisotopic (exact) mass is 273 g/mol. The first-order valence-corrected chi connectivity index (χ1v) is 6.11. The van der Waals surface area contributed by atoms with Gasteiger partial charge in [-0.05, 0) is 27.2 Å². The predicted octanol–water partition coefficient (Wildman–Crippen LogP) is 1.97. The van der Waals surface area contributed by atoms with Crippen LogP contribution in [-0.2, 0) is 14.3 Å². The van der Waals surface area contributed by atoms with E-state index in [0.29, 0.717) is 5.57 Å². The van der Waals surface area contributed by atoms with E-state index in [1.807, 2.05) is 0 Å². The maximum absolute atomic E-state index is 12.9. The Morgan fingerprint density at radius 1 is 1.47 bits per heavy atom. The molecule has 0 unspecified atom stereocenters. The lowest BCUT2D eigenvalue weighted by atomic mass is 10.0. The molecule has 0 radical (unpaired) electrons.